The predicted molar refractivity (Wildman–Crippen MR) is 60.7 cm³/mol. The Morgan fingerprint density at radius 3 is 2.31 bits per heavy atom. The van der Waals surface area contributed by atoms with Gasteiger partial charge in [0.15, 0.2) is 9.84 Å². The van der Waals surface area contributed by atoms with Gasteiger partial charge in [-0.3, -0.25) is 0 Å². The smallest absolute Gasteiger partial charge is 0.153 e. The third-order valence-corrected chi connectivity index (χ3v) is 5.71. The quantitative estimate of drug-likeness (QED) is 0.755. The van der Waals surface area contributed by atoms with Crippen LogP contribution in [-0.4, -0.2) is 42.3 Å². The van der Waals surface area contributed by atoms with Crippen molar-refractivity contribution in [2.45, 2.75) is 44.3 Å². The fraction of sp³-hybridized carbons (Fsp3) is 1.00. The second-order valence-corrected chi connectivity index (χ2v) is 7.41. The molecule has 2 fully saturated rings. The van der Waals surface area contributed by atoms with E-state index in [1.165, 1.54) is 0 Å². The van der Waals surface area contributed by atoms with Crippen LogP contribution >= 0.6 is 0 Å². The molecule has 1 saturated carbocycles. The first kappa shape index (κ1) is 12.3. The van der Waals surface area contributed by atoms with Crippen molar-refractivity contribution in [2.75, 3.05) is 11.5 Å². The molecule has 2 N–H and O–H groups in total. The van der Waals surface area contributed by atoms with Crippen molar-refractivity contribution in [1.82, 2.24) is 0 Å². The molecule has 3 unspecified atom stereocenters. The Hall–Kier alpha value is -0.130. The summed E-state index contributed by atoms with van der Waals surface area (Å²) in [5, 5.41) is 19.6. The standard InChI is InChI=1S/C11H20O4S/c12-10(8-3-1-2-4-8)5-9-6-16(14,15)7-11(9)13/h8-13H,1-7H2. The van der Waals surface area contributed by atoms with E-state index in [4.69, 9.17) is 0 Å². The highest BCUT2D eigenvalue weighted by Gasteiger charge is 2.38. The molecule has 0 aromatic rings. The molecule has 0 radical (unpaired) electrons. The van der Waals surface area contributed by atoms with Gasteiger partial charge in [0.25, 0.3) is 0 Å². The summed E-state index contributed by atoms with van der Waals surface area (Å²) in [7, 11) is -3.07. The topological polar surface area (TPSA) is 74.6 Å². The number of sulfone groups is 1. The number of aliphatic hydroxyl groups is 2. The lowest BCUT2D eigenvalue weighted by molar-refractivity contribution is 0.0560. The maximum atomic E-state index is 11.3. The largest absolute Gasteiger partial charge is 0.393 e. The summed E-state index contributed by atoms with van der Waals surface area (Å²) in [6, 6.07) is 0. The van der Waals surface area contributed by atoms with Crippen molar-refractivity contribution in [1.29, 1.82) is 0 Å². The van der Waals surface area contributed by atoms with Gasteiger partial charge in [-0.1, -0.05) is 12.8 Å². The number of aliphatic hydroxyl groups excluding tert-OH is 2. The normalized spacial score (nSPS) is 36.6. The van der Waals surface area contributed by atoms with E-state index in [9.17, 15) is 18.6 Å². The molecule has 1 aliphatic carbocycles. The second-order valence-electron chi connectivity index (χ2n) is 5.25. The van der Waals surface area contributed by atoms with Crippen LogP contribution < -0.4 is 0 Å². The van der Waals surface area contributed by atoms with Crippen molar-refractivity contribution in [3.8, 4) is 0 Å². The Kier molecular flexibility index (Phi) is 3.56. The molecular formula is C11H20O4S. The van der Waals surface area contributed by atoms with Gasteiger partial charge in [-0.05, 0) is 25.2 Å². The first-order chi connectivity index (χ1) is 7.48. The molecular weight excluding hydrogens is 228 g/mol. The Morgan fingerprint density at radius 2 is 1.81 bits per heavy atom. The lowest BCUT2D eigenvalue weighted by Crippen LogP contribution is -2.27. The van der Waals surface area contributed by atoms with E-state index in [1.807, 2.05) is 0 Å². The Bertz CT molecular complexity index is 332. The van der Waals surface area contributed by atoms with E-state index in [2.05, 4.69) is 0 Å². The minimum atomic E-state index is -3.07. The number of hydrogen-bond acceptors (Lipinski definition) is 4. The summed E-state index contributed by atoms with van der Waals surface area (Å²) in [5.74, 6) is -0.0383. The zero-order valence-electron chi connectivity index (χ0n) is 9.38. The van der Waals surface area contributed by atoms with Crippen molar-refractivity contribution in [3.05, 3.63) is 0 Å². The molecule has 0 aromatic heterocycles. The molecule has 1 heterocycles. The molecule has 1 saturated heterocycles. The van der Waals surface area contributed by atoms with Gasteiger partial charge < -0.3 is 10.2 Å². The first-order valence-corrected chi connectivity index (χ1v) is 7.86. The molecule has 5 heteroatoms. The molecule has 2 rings (SSSR count). The number of hydrogen-bond donors (Lipinski definition) is 2. The van der Waals surface area contributed by atoms with Gasteiger partial charge >= 0.3 is 0 Å². The summed E-state index contributed by atoms with van der Waals surface area (Å²) in [5.41, 5.74) is 0. The third-order valence-electron chi connectivity index (χ3n) is 3.93. The van der Waals surface area contributed by atoms with Crippen LogP contribution in [0.2, 0.25) is 0 Å². The molecule has 0 bridgehead atoms. The summed E-state index contributed by atoms with van der Waals surface area (Å²) >= 11 is 0. The van der Waals surface area contributed by atoms with Gasteiger partial charge in [0.05, 0.1) is 23.7 Å². The van der Waals surface area contributed by atoms with Gasteiger partial charge in [0, 0.05) is 5.92 Å². The highest BCUT2D eigenvalue weighted by atomic mass is 32.2. The van der Waals surface area contributed by atoms with Gasteiger partial charge in [0.2, 0.25) is 0 Å². The van der Waals surface area contributed by atoms with E-state index in [0.717, 1.165) is 25.7 Å². The summed E-state index contributed by atoms with van der Waals surface area (Å²) < 4.78 is 22.6. The van der Waals surface area contributed by atoms with Crippen LogP contribution in [0, 0.1) is 11.8 Å². The SMILES string of the molecule is O=S1(=O)CC(O)C(CC(O)C2CCCC2)C1. The highest BCUT2D eigenvalue weighted by Crippen LogP contribution is 2.32. The average Bonchev–Trinajstić information content (AvgIpc) is 2.74. The van der Waals surface area contributed by atoms with Crippen molar-refractivity contribution in [2.24, 2.45) is 11.8 Å². The summed E-state index contributed by atoms with van der Waals surface area (Å²) in [4.78, 5) is 0. The Morgan fingerprint density at radius 1 is 1.19 bits per heavy atom. The van der Waals surface area contributed by atoms with E-state index < -0.39 is 22.0 Å². The molecule has 1 aliphatic heterocycles. The van der Waals surface area contributed by atoms with E-state index in [1.54, 1.807) is 0 Å². The minimum absolute atomic E-state index is 0.0396. The highest BCUT2D eigenvalue weighted by molar-refractivity contribution is 7.91. The van der Waals surface area contributed by atoms with Crippen LogP contribution in [0.5, 0.6) is 0 Å². The van der Waals surface area contributed by atoms with Crippen molar-refractivity contribution in [3.63, 3.8) is 0 Å². The molecule has 0 aromatic carbocycles. The van der Waals surface area contributed by atoms with Gasteiger partial charge in [-0.2, -0.15) is 0 Å². The van der Waals surface area contributed by atoms with Gasteiger partial charge in [-0.25, -0.2) is 8.42 Å². The maximum absolute atomic E-state index is 11.3. The number of rotatable bonds is 3. The van der Waals surface area contributed by atoms with Gasteiger partial charge in [-0.15, -0.1) is 0 Å². The zero-order chi connectivity index (χ0) is 11.8. The molecule has 4 nitrogen and oxygen atoms in total. The van der Waals surface area contributed by atoms with Crippen LogP contribution in [0.25, 0.3) is 0 Å². The molecule has 3 atom stereocenters. The predicted octanol–water partition coefficient (Wildman–Crippen LogP) is 0.333. The second kappa shape index (κ2) is 4.63. The van der Waals surface area contributed by atoms with E-state index in [-0.39, 0.29) is 17.4 Å². The van der Waals surface area contributed by atoms with Crippen molar-refractivity contribution >= 4 is 9.84 Å². The van der Waals surface area contributed by atoms with Crippen LogP contribution in [0.1, 0.15) is 32.1 Å². The van der Waals surface area contributed by atoms with Gasteiger partial charge in [0.1, 0.15) is 0 Å². The van der Waals surface area contributed by atoms with Crippen LogP contribution in [0.3, 0.4) is 0 Å². The third kappa shape index (κ3) is 2.76. The minimum Gasteiger partial charge on any atom is -0.393 e. The van der Waals surface area contributed by atoms with E-state index in [0.29, 0.717) is 12.3 Å². The van der Waals surface area contributed by atoms with Crippen LogP contribution in [0.4, 0.5) is 0 Å². The summed E-state index contributed by atoms with van der Waals surface area (Å²) in [6.45, 7) is 0. The van der Waals surface area contributed by atoms with E-state index >= 15 is 0 Å². The molecule has 94 valence electrons. The monoisotopic (exact) mass is 248 g/mol. The molecule has 0 amide bonds. The maximum Gasteiger partial charge on any atom is 0.153 e. The molecule has 0 spiro atoms. The Labute approximate surface area is 96.6 Å². The fourth-order valence-electron chi connectivity index (χ4n) is 2.97. The first-order valence-electron chi connectivity index (χ1n) is 6.04. The summed E-state index contributed by atoms with van der Waals surface area (Å²) in [6.07, 6.45) is 3.62. The molecule has 2 aliphatic rings. The fourth-order valence-corrected chi connectivity index (χ4v) is 4.91. The van der Waals surface area contributed by atoms with Crippen LogP contribution in [-0.2, 0) is 9.84 Å². The Balaban J connectivity index is 1.89. The molecule has 16 heavy (non-hydrogen) atoms. The average molecular weight is 248 g/mol. The zero-order valence-corrected chi connectivity index (χ0v) is 10.2. The lowest BCUT2D eigenvalue weighted by atomic mass is 9.90. The lowest BCUT2D eigenvalue weighted by Gasteiger charge is -2.22. The van der Waals surface area contributed by atoms with Crippen molar-refractivity contribution < 1.29 is 18.6 Å². The van der Waals surface area contributed by atoms with Crippen LogP contribution in [0.15, 0.2) is 0 Å².